The highest BCUT2D eigenvalue weighted by molar-refractivity contribution is 7.89. The van der Waals surface area contributed by atoms with Crippen LogP contribution < -0.4 is 0 Å². The van der Waals surface area contributed by atoms with E-state index in [2.05, 4.69) is 10.0 Å². The quantitative estimate of drug-likeness (QED) is 0.243. The number of aliphatic hydroxyl groups is 3. The summed E-state index contributed by atoms with van der Waals surface area (Å²) in [6.07, 6.45) is -2.44. The fraction of sp³-hybridized carbons (Fsp3) is 0.625. The smallest absolute Gasteiger partial charge is 0.243 e. The largest absolute Gasteiger partial charge is 0.391 e. The zero-order valence-electron chi connectivity index (χ0n) is 15.1. The first-order valence-corrected chi connectivity index (χ1v) is 9.76. The topological polar surface area (TPSA) is 147 Å². The summed E-state index contributed by atoms with van der Waals surface area (Å²) < 4.78 is 27.0. The molecular formula is C16H26N4O5S. The Kier molecular flexibility index (Phi) is 8.48. The van der Waals surface area contributed by atoms with Gasteiger partial charge in [0.05, 0.1) is 17.0 Å². The summed E-state index contributed by atoms with van der Waals surface area (Å²) in [5.74, 6) is 0.00931. The number of aliphatic hydroxyl groups excluding tert-OH is 2. The van der Waals surface area contributed by atoms with Gasteiger partial charge in [-0.3, -0.25) is 0 Å². The van der Waals surface area contributed by atoms with Gasteiger partial charge < -0.3 is 15.3 Å². The van der Waals surface area contributed by atoms with Crippen molar-refractivity contribution in [2.75, 3.05) is 13.1 Å². The Bertz CT molecular complexity index is 715. The number of rotatable bonds is 10. The van der Waals surface area contributed by atoms with Gasteiger partial charge in [-0.1, -0.05) is 38.0 Å². The van der Waals surface area contributed by atoms with E-state index in [1.165, 1.54) is 24.3 Å². The maximum Gasteiger partial charge on any atom is 0.243 e. The van der Waals surface area contributed by atoms with E-state index in [9.17, 15) is 13.5 Å². The SMILES string of the molecule is CC[C@H](N=[N+]=[N-])[C@H](O)CN(CC(C)C)S(=O)(=O)c1ccc(C(O)O)cc1. The van der Waals surface area contributed by atoms with Crippen molar-refractivity contribution in [2.24, 2.45) is 11.0 Å². The molecule has 3 N–H and O–H groups in total. The second-order valence-corrected chi connectivity index (χ2v) is 8.34. The molecule has 1 aromatic carbocycles. The van der Waals surface area contributed by atoms with Crippen LogP contribution in [0.3, 0.4) is 0 Å². The molecule has 0 aliphatic carbocycles. The van der Waals surface area contributed by atoms with Crippen LogP contribution in [0.4, 0.5) is 0 Å². The van der Waals surface area contributed by atoms with E-state index >= 15 is 0 Å². The lowest BCUT2D eigenvalue weighted by Gasteiger charge is -2.28. The Balaban J connectivity index is 3.14. The van der Waals surface area contributed by atoms with Crippen LogP contribution in [0.25, 0.3) is 10.4 Å². The second kappa shape index (κ2) is 9.86. The minimum atomic E-state index is -3.92. The average Bonchev–Trinajstić information content (AvgIpc) is 2.58. The van der Waals surface area contributed by atoms with Gasteiger partial charge in [-0.2, -0.15) is 4.31 Å². The predicted octanol–water partition coefficient (Wildman–Crippen LogP) is 1.77. The van der Waals surface area contributed by atoms with Crippen molar-refractivity contribution in [3.63, 3.8) is 0 Å². The van der Waals surface area contributed by atoms with Crippen molar-refractivity contribution in [1.82, 2.24) is 4.31 Å². The number of hydrogen-bond acceptors (Lipinski definition) is 6. The number of benzene rings is 1. The molecule has 10 heteroatoms. The van der Waals surface area contributed by atoms with E-state index < -0.39 is 28.5 Å². The summed E-state index contributed by atoms with van der Waals surface area (Å²) in [4.78, 5) is 2.67. The van der Waals surface area contributed by atoms with Gasteiger partial charge in [-0.15, -0.1) is 0 Å². The van der Waals surface area contributed by atoms with Crippen LogP contribution >= 0.6 is 0 Å². The van der Waals surface area contributed by atoms with Gasteiger partial charge in [-0.05, 0) is 30.0 Å². The van der Waals surface area contributed by atoms with Crippen molar-refractivity contribution in [2.45, 2.75) is 50.5 Å². The number of sulfonamides is 1. The summed E-state index contributed by atoms with van der Waals surface area (Å²) in [6.45, 7) is 5.41. The van der Waals surface area contributed by atoms with Crippen LogP contribution in [-0.2, 0) is 10.0 Å². The fourth-order valence-electron chi connectivity index (χ4n) is 2.47. The maximum absolute atomic E-state index is 12.9. The molecule has 9 nitrogen and oxygen atoms in total. The molecule has 26 heavy (non-hydrogen) atoms. The molecule has 0 heterocycles. The summed E-state index contributed by atoms with van der Waals surface area (Å²) in [5.41, 5.74) is 8.75. The van der Waals surface area contributed by atoms with Crippen LogP contribution in [0.15, 0.2) is 34.3 Å². The van der Waals surface area contributed by atoms with E-state index in [0.717, 1.165) is 4.31 Å². The van der Waals surface area contributed by atoms with Gasteiger partial charge in [0.2, 0.25) is 10.0 Å². The van der Waals surface area contributed by atoms with Crippen LogP contribution in [0.2, 0.25) is 0 Å². The van der Waals surface area contributed by atoms with Crippen molar-refractivity contribution in [3.8, 4) is 0 Å². The van der Waals surface area contributed by atoms with Gasteiger partial charge >= 0.3 is 0 Å². The highest BCUT2D eigenvalue weighted by Crippen LogP contribution is 2.21. The first-order valence-electron chi connectivity index (χ1n) is 8.32. The first-order chi connectivity index (χ1) is 12.1. The van der Waals surface area contributed by atoms with Crippen LogP contribution in [0.5, 0.6) is 0 Å². The molecule has 0 spiro atoms. The standard InChI is InChI=1S/C16H26N4O5S/c1-4-14(18-19-17)15(21)10-20(9-11(2)3)26(24,25)13-7-5-12(6-8-13)16(22)23/h5-8,11,14-16,21-23H,4,9-10H2,1-3H3/t14-,15+/m0/s1. The zero-order chi connectivity index (χ0) is 19.9. The van der Waals surface area contributed by atoms with Crippen LogP contribution in [0, 0.1) is 5.92 Å². The lowest BCUT2D eigenvalue weighted by atomic mass is 10.1. The molecule has 0 fully saturated rings. The molecule has 0 aromatic heterocycles. The predicted molar refractivity (Wildman–Crippen MR) is 96.4 cm³/mol. The number of nitrogens with zero attached hydrogens (tertiary/aromatic N) is 4. The molecule has 1 aromatic rings. The monoisotopic (exact) mass is 386 g/mol. The second-order valence-electron chi connectivity index (χ2n) is 6.41. The highest BCUT2D eigenvalue weighted by atomic mass is 32.2. The number of hydrogen-bond donors (Lipinski definition) is 3. The third kappa shape index (κ3) is 5.94. The van der Waals surface area contributed by atoms with Gasteiger partial charge in [0.25, 0.3) is 0 Å². The molecule has 0 saturated heterocycles. The Hall–Kier alpha value is -1.68. The zero-order valence-corrected chi connectivity index (χ0v) is 15.9. The molecule has 0 radical (unpaired) electrons. The molecule has 146 valence electrons. The summed E-state index contributed by atoms with van der Waals surface area (Å²) in [5, 5.41) is 32.1. The molecule has 0 amide bonds. The summed E-state index contributed by atoms with van der Waals surface area (Å²) in [6, 6.07) is 4.48. The molecular weight excluding hydrogens is 360 g/mol. The molecule has 0 unspecified atom stereocenters. The summed E-state index contributed by atoms with van der Waals surface area (Å²) in [7, 11) is -3.92. The summed E-state index contributed by atoms with van der Waals surface area (Å²) >= 11 is 0. The lowest BCUT2D eigenvalue weighted by molar-refractivity contribution is -0.0425. The van der Waals surface area contributed by atoms with E-state index in [1.54, 1.807) is 6.92 Å². The maximum atomic E-state index is 12.9. The molecule has 0 aliphatic rings. The highest BCUT2D eigenvalue weighted by Gasteiger charge is 2.29. The lowest BCUT2D eigenvalue weighted by Crippen LogP contribution is -2.43. The van der Waals surface area contributed by atoms with Crippen molar-refractivity contribution < 1.29 is 23.7 Å². The molecule has 0 aliphatic heterocycles. The Labute approximate surface area is 153 Å². The molecule has 0 bridgehead atoms. The van der Waals surface area contributed by atoms with Gasteiger partial charge in [0, 0.05) is 23.6 Å². The Morgan fingerprint density at radius 1 is 1.15 bits per heavy atom. The third-order valence-electron chi connectivity index (χ3n) is 3.84. The van der Waals surface area contributed by atoms with Gasteiger partial charge in [0.1, 0.15) is 0 Å². The van der Waals surface area contributed by atoms with Crippen molar-refractivity contribution >= 4 is 10.0 Å². The Morgan fingerprint density at radius 3 is 2.15 bits per heavy atom. The van der Waals surface area contributed by atoms with Gasteiger partial charge in [-0.25, -0.2) is 8.42 Å². The molecule has 2 atom stereocenters. The van der Waals surface area contributed by atoms with Crippen LogP contribution in [-0.4, -0.2) is 53.3 Å². The molecule has 0 saturated carbocycles. The number of azide groups is 1. The molecule has 1 rings (SSSR count). The van der Waals surface area contributed by atoms with Crippen molar-refractivity contribution in [1.29, 1.82) is 0 Å². The van der Waals surface area contributed by atoms with E-state index in [0.29, 0.717) is 6.42 Å². The average molecular weight is 386 g/mol. The van der Waals surface area contributed by atoms with E-state index in [-0.39, 0.29) is 29.5 Å². The van der Waals surface area contributed by atoms with Crippen molar-refractivity contribution in [3.05, 3.63) is 40.3 Å². The Morgan fingerprint density at radius 2 is 1.73 bits per heavy atom. The fourth-order valence-corrected chi connectivity index (χ4v) is 4.09. The van der Waals surface area contributed by atoms with E-state index in [1.807, 2.05) is 13.8 Å². The van der Waals surface area contributed by atoms with Crippen LogP contribution in [0.1, 0.15) is 39.0 Å². The first kappa shape index (κ1) is 22.4. The van der Waals surface area contributed by atoms with Gasteiger partial charge in [0.15, 0.2) is 6.29 Å². The minimum absolute atomic E-state index is 0.00931. The van der Waals surface area contributed by atoms with E-state index in [4.69, 9.17) is 15.7 Å². The minimum Gasteiger partial charge on any atom is -0.391 e. The normalized spacial score (nSPS) is 14.5. The third-order valence-corrected chi connectivity index (χ3v) is 5.68.